The summed E-state index contributed by atoms with van der Waals surface area (Å²) >= 11 is 9.58. The van der Waals surface area contributed by atoms with Crippen molar-refractivity contribution in [3.05, 3.63) is 98.9 Å². The molecule has 4 aromatic rings. The highest BCUT2D eigenvalue weighted by molar-refractivity contribution is 9.10. The molecule has 0 spiro atoms. The number of hydrogen-bond donors (Lipinski definition) is 0. The van der Waals surface area contributed by atoms with Crippen LogP contribution in [0.1, 0.15) is 26.4 Å². The standard InChI is InChI=1S/C26H19BrClFN2O5/c1-34-25(32)22-23(30-31(24(22)26(33)35-2)16-7-4-3-5-8-16)17-13-15(27)11-12-21(17)36-14-18-19(28)9-6-10-20(18)29/h3-13H,14H2,1-2H3. The molecule has 0 aliphatic heterocycles. The molecular formula is C26H19BrClFN2O5. The molecule has 0 aliphatic carbocycles. The Morgan fingerprint density at radius 1 is 1.00 bits per heavy atom. The molecule has 0 saturated carbocycles. The van der Waals surface area contributed by atoms with Gasteiger partial charge < -0.3 is 14.2 Å². The van der Waals surface area contributed by atoms with Crippen LogP contribution in [0.2, 0.25) is 5.02 Å². The van der Waals surface area contributed by atoms with Gasteiger partial charge in [-0.3, -0.25) is 0 Å². The Balaban J connectivity index is 1.92. The zero-order chi connectivity index (χ0) is 25.8. The predicted molar refractivity (Wildman–Crippen MR) is 135 cm³/mol. The smallest absolute Gasteiger partial charge is 0.357 e. The van der Waals surface area contributed by atoms with Crippen molar-refractivity contribution in [1.29, 1.82) is 0 Å². The highest BCUT2D eigenvalue weighted by atomic mass is 79.9. The molecule has 0 unspecified atom stereocenters. The molecule has 7 nitrogen and oxygen atoms in total. The van der Waals surface area contributed by atoms with Crippen LogP contribution in [0.4, 0.5) is 4.39 Å². The van der Waals surface area contributed by atoms with Crippen LogP contribution in [0.25, 0.3) is 16.9 Å². The van der Waals surface area contributed by atoms with Crippen molar-refractivity contribution in [2.75, 3.05) is 14.2 Å². The normalized spacial score (nSPS) is 10.7. The summed E-state index contributed by atoms with van der Waals surface area (Å²) in [6.07, 6.45) is 0. The molecule has 0 aliphatic rings. The topological polar surface area (TPSA) is 79.7 Å². The summed E-state index contributed by atoms with van der Waals surface area (Å²) in [4.78, 5) is 25.8. The third kappa shape index (κ3) is 4.98. The summed E-state index contributed by atoms with van der Waals surface area (Å²) in [7, 11) is 2.41. The second-order valence-corrected chi connectivity index (χ2v) is 8.75. The van der Waals surface area contributed by atoms with Gasteiger partial charge in [-0.1, -0.05) is 51.8 Å². The van der Waals surface area contributed by atoms with Gasteiger partial charge in [-0.2, -0.15) is 5.10 Å². The average molecular weight is 574 g/mol. The Morgan fingerprint density at radius 2 is 1.72 bits per heavy atom. The molecule has 0 radical (unpaired) electrons. The number of hydrogen-bond acceptors (Lipinski definition) is 6. The molecule has 10 heteroatoms. The molecule has 36 heavy (non-hydrogen) atoms. The molecule has 1 aromatic heterocycles. The van der Waals surface area contributed by atoms with Crippen molar-refractivity contribution in [2.24, 2.45) is 0 Å². The number of benzene rings is 3. The molecule has 0 saturated heterocycles. The monoisotopic (exact) mass is 572 g/mol. The van der Waals surface area contributed by atoms with Crippen LogP contribution < -0.4 is 4.74 Å². The first-order chi connectivity index (χ1) is 17.3. The lowest BCUT2D eigenvalue weighted by atomic mass is 10.0. The fourth-order valence-corrected chi connectivity index (χ4v) is 4.16. The lowest BCUT2D eigenvalue weighted by Gasteiger charge is -2.13. The van der Waals surface area contributed by atoms with E-state index < -0.39 is 17.8 Å². The summed E-state index contributed by atoms with van der Waals surface area (Å²) in [5, 5.41) is 4.81. The van der Waals surface area contributed by atoms with Gasteiger partial charge >= 0.3 is 11.9 Å². The van der Waals surface area contributed by atoms with Gasteiger partial charge in [0.1, 0.15) is 29.4 Å². The van der Waals surface area contributed by atoms with Gasteiger partial charge in [0.2, 0.25) is 0 Å². The largest absolute Gasteiger partial charge is 0.488 e. The van der Waals surface area contributed by atoms with Crippen molar-refractivity contribution in [3.8, 4) is 22.7 Å². The Bertz CT molecular complexity index is 1420. The first kappa shape index (κ1) is 25.4. The van der Waals surface area contributed by atoms with Crippen LogP contribution in [0.15, 0.2) is 71.2 Å². The van der Waals surface area contributed by atoms with E-state index in [1.807, 2.05) is 0 Å². The second-order valence-electron chi connectivity index (χ2n) is 7.43. The minimum atomic E-state index is -0.796. The quantitative estimate of drug-likeness (QED) is 0.243. The van der Waals surface area contributed by atoms with Crippen LogP contribution in [0.3, 0.4) is 0 Å². The van der Waals surface area contributed by atoms with Crippen LogP contribution in [0, 0.1) is 5.82 Å². The average Bonchev–Trinajstić information content (AvgIpc) is 3.29. The van der Waals surface area contributed by atoms with E-state index in [4.69, 9.17) is 25.8 Å². The molecule has 0 bridgehead atoms. The third-order valence-corrected chi connectivity index (χ3v) is 6.13. The molecule has 0 N–H and O–H groups in total. The molecule has 0 atom stereocenters. The van der Waals surface area contributed by atoms with Crippen molar-refractivity contribution in [2.45, 2.75) is 6.61 Å². The van der Waals surface area contributed by atoms with Gasteiger partial charge in [0.25, 0.3) is 0 Å². The van der Waals surface area contributed by atoms with Gasteiger partial charge in [-0.05, 0) is 42.5 Å². The van der Waals surface area contributed by atoms with E-state index in [9.17, 15) is 14.0 Å². The zero-order valence-electron chi connectivity index (χ0n) is 19.1. The van der Waals surface area contributed by atoms with Crippen molar-refractivity contribution < 1.29 is 28.2 Å². The summed E-state index contributed by atoms with van der Waals surface area (Å²) in [5.41, 5.74) is 0.934. The molecule has 4 rings (SSSR count). The van der Waals surface area contributed by atoms with Crippen molar-refractivity contribution >= 4 is 39.5 Å². The lowest BCUT2D eigenvalue weighted by molar-refractivity contribution is 0.0549. The van der Waals surface area contributed by atoms with E-state index in [1.165, 1.54) is 31.0 Å². The molecule has 1 heterocycles. The van der Waals surface area contributed by atoms with Gasteiger partial charge in [0, 0.05) is 15.6 Å². The maximum Gasteiger partial charge on any atom is 0.357 e. The van der Waals surface area contributed by atoms with E-state index in [2.05, 4.69) is 21.0 Å². The summed E-state index contributed by atoms with van der Waals surface area (Å²) < 4.78 is 32.2. The fourth-order valence-electron chi connectivity index (χ4n) is 3.58. The Hall–Kier alpha value is -3.69. The maximum atomic E-state index is 14.3. The van der Waals surface area contributed by atoms with E-state index in [0.29, 0.717) is 15.7 Å². The third-order valence-electron chi connectivity index (χ3n) is 5.28. The van der Waals surface area contributed by atoms with Gasteiger partial charge in [-0.25, -0.2) is 18.7 Å². The number of halogens is 3. The Morgan fingerprint density at radius 3 is 2.39 bits per heavy atom. The number of ether oxygens (including phenoxy) is 3. The minimum absolute atomic E-state index is 0.111. The first-order valence-corrected chi connectivity index (χ1v) is 11.7. The number of nitrogens with zero attached hydrogens (tertiary/aromatic N) is 2. The SMILES string of the molecule is COC(=O)c1c(-c2cc(Br)ccc2OCc2c(F)cccc2Cl)nn(-c2ccccc2)c1C(=O)OC. The maximum absolute atomic E-state index is 14.3. The van der Waals surface area contributed by atoms with Gasteiger partial charge in [0.15, 0.2) is 5.69 Å². The van der Waals surface area contributed by atoms with Crippen LogP contribution in [0.5, 0.6) is 5.75 Å². The minimum Gasteiger partial charge on any atom is -0.488 e. The summed E-state index contributed by atoms with van der Waals surface area (Å²) in [5.74, 6) is -1.82. The highest BCUT2D eigenvalue weighted by Gasteiger charge is 2.32. The van der Waals surface area contributed by atoms with Crippen molar-refractivity contribution in [3.63, 3.8) is 0 Å². The summed E-state index contributed by atoms with van der Waals surface area (Å²) in [6, 6.07) is 18.2. The molecule has 0 fully saturated rings. The fraction of sp³-hybridized carbons (Fsp3) is 0.115. The number of esters is 2. The number of aromatic nitrogens is 2. The van der Waals surface area contributed by atoms with E-state index >= 15 is 0 Å². The number of methoxy groups -OCH3 is 2. The number of para-hydroxylation sites is 1. The number of rotatable bonds is 7. The Labute approximate surface area is 219 Å². The lowest BCUT2D eigenvalue weighted by Crippen LogP contribution is -2.15. The predicted octanol–water partition coefficient (Wildman–Crippen LogP) is 6.25. The van der Waals surface area contributed by atoms with Crippen LogP contribution >= 0.6 is 27.5 Å². The van der Waals surface area contributed by atoms with E-state index in [-0.39, 0.29) is 39.9 Å². The van der Waals surface area contributed by atoms with Crippen molar-refractivity contribution in [1.82, 2.24) is 9.78 Å². The molecule has 184 valence electrons. The van der Waals surface area contributed by atoms with Gasteiger partial charge in [-0.15, -0.1) is 0 Å². The van der Waals surface area contributed by atoms with Crippen LogP contribution in [-0.4, -0.2) is 35.9 Å². The molecular weight excluding hydrogens is 555 g/mol. The van der Waals surface area contributed by atoms with Gasteiger partial charge in [0.05, 0.1) is 24.9 Å². The number of carbonyl (C=O) groups is 2. The summed E-state index contributed by atoms with van der Waals surface area (Å²) in [6.45, 7) is -0.184. The van der Waals surface area contributed by atoms with Crippen LogP contribution in [-0.2, 0) is 16.1 Å². The zero-order valence-corrected chi connectivity index (χ0v) is 21.5. The van der Waals surface area contributed by atoms with E-state index in [0.717, 1.165) is 0 Å². The molecule has 3 aromatic carbocycles. The second kappa shape index (κ2) is 10.9. The highest BCUT2D eigenvalue weighted by Crippen LogP contribution is 2.37. The Kier molecular flexibility index (Phi) is 7.71. The number of carbonyl (C=O) groups excluding carboxylic acids is 2. The first-order valence-electron chi connectivity index (χ1n) is 10.6. The van der Waals surface area contributed by atoms with E-state index in [1.54, 1.807) is 54.6 Å². The molecule has 0 amide bonds.